The van der Waals surface area contributed by atoms with Crippen molar-refractivity contribution in [2.75, 3.05) is 12.4 Å². The van der Waals surface area contributed by atoms with Crippen molar-refractivity contribution in [3.63, 3.8) is 0 Å². The van der Waals surface area contributed by atoms with E-state index in [0.717, 1.165) is 22.5 Å². The van der Waals surface area contributed by atoms with Crippen LogP contribution in [0.3, 0.4) is 0 Å². The van der Waals surface area contributed by atoms with Crippen LogP contribution >= 0.6 is 11.3 Å². The lowest BCUT2D eigenvalue weighted by molar-refractivity contribution is 0.0969. The van der Waals surface area contributed by atoms with E-state index < -0.39 is 0 Å². The van der Waals surface area contributed by atoms with E-state index in [-0.39, 0.29) is 23.8 Å². The number of para-hydroxylation sites is 2. The van der Waals surface area contributed by atoms with Gasteiger partial charge in [0.25, 0.3) is 11.5 Å². The van der Waals surface area contributed by atoms with Crippen LogP contribution in [0.25, 0.3) is 10.2 Å². The summed E-state index contributed by atoms with van der Waals surface area (Å²) in [5.41, 5.74) is 3.38. The summed E-state index contributed by atoms with van der Waals surface area (Å²) in [6.45, 7) is 5.52. The Morgan fingerprint density at radius 3 is 2.58 bits per heavy atom. The lowest BCUT2D eigenvalue weighted by atomic mass is 10.0. The van der Waals surface area contributed by atoms with Crippen LogP contribution in [0.5, 0.6) is 5.75 Å². The number of ether oxygens (including phenoxy) is 1. The smallest absolute Gasteiger partial charge is 0.266 e. The van der Waals surface area contributed by atoms with Crippen LogP contribution in [0.15, 0.2) is 53.6 Å². The Balaban J connectivity index is 1.65. The Hall–Kier alpha value is -3.78. The lowest BCUT2D eigenvalue weighted by Gasteiger charge is -2.09. The molecule has 0 aliphatic heterocycles. The van der Waals surface area contributed by atoms with Crippen molar-refractivity contribution in [2.24, 2.45) is 0 Å². The molecule has 0 spiro atoms. The maximum Gasteiger partial charge on any atom is 0.266 e. The average Bonchev–Trinajstić information content (AvgIpc) is 3.15. The minimum Gasteiger partial charge on any atom is -0.495 e. The van der Waals surface area contributed by atoms with Crippen molar-refractivity contribution in [1.82, 2.24) is 9.55 Å². The van der Waals surface area contributed by atoms with Gasteiger partial charge in [-0.15, -0.1) is 11.3 Å². The molecule has 0 radical (unpaired) electrons. The zero-order chi connectivity index (χ0) is 23.7. The van der Waals surface area contributed by atoms with Gasteiger partial charge in [0, 0.05) is 5.56 Å². The number of aryl methyl sites for hydroxylation is 3. The predicted octanol–water partition coefficient (Wildman–Crippen LogP) is 4.53. The second kappa shape index (κ2) is 8.99. The summed E-state index contributed by atoms with van der Waals surface area (Å²) in [6.07, 6.45) is 1.36. The highest BCUT2D eigenvalue weighted by Crippen LogP contribution is 2.29. The van der Waals surface area contributed by atoms with Gasteiger partial charge < -0.3 is 10.1 Å². The number of nitrogens with one attached hydrogen (secondary N) is 1. The number of hydrogen-bond donors (Lipinski definition) is 1. The fourth-order valence-electron chi connectivity index (χ4n) is 3.58. The largest absolute Gasteiger partial charge is 0.495 e. The van der Waals surface area contributed by atoms with E-state index in [2.05, 4.69) is 10.3 Å². The van der Waals surface area contributed by atoms with Gasteiger partial charge in [0.1, 0.15) is 10.6 Å². The topological polar surface area (TPSA) is 90.3 Å². The number of anilines is 1. The molecule has 4 aromatic rings. The Bertz CT molecular complexity index is 1450. The van der Waals surface area contributed by atoms with Crippen LogP contribution in [0.2, 0.25) is 0 Å². The Morgan fingerprint density at radius 1 is 1.09 bits per heavy atom. The second-order valence-electron chi connectivity index (χ2n) is 7.79. The van der Waals surface area contributed by atoms with Crippen molar-refractivity contribution in [3.05, 3.63) is 86.3 Å². The highest BCUT2D eigenvalue weighted by atomic mass is 32.1. The van der Waals surface area contributed by atoms with Gasteiger partial charge in [0.05, 0.1) is 35.9 Å². The Labute approximate surface area is 194 Å². The van der Waals surface area contributed by atoms with Gasteiger partial charge in [0.2, 0.25) is 0 Å². The molecule has 4 rings (SSSR count). The highest BCUT2D eigenvalue weighted by molar-refractivity contribution is 7.20. The first-order valence-corrected chi connectivity index (χ1v) is 11.1. The summed E-state index contributed by atoms with van der Waals surface area (Å²) < 4.78 is 6.58. The molecular weight excluding hydrogens is 438 g/mol. The summed E-state index contributed by atoms with van der Waals surface area (Å²) in [4.78, 5) is 44.1. The molecule has 2 aromatic carbocycles. The van der Waals surface area contributed by atoms with Crippen molar-refractivity contribution >= 4 is 38.9 Å². The van der Waals surface area contributed by atoms with Crippen LogP contribution in [-0.4, -0.2) is 28.4 Å². The summed E-state index contributed by atoms with van der Waals surface area (Å²) in [6, 6.07) is 12.6. The highest BCUT2D eigenvalue weighted by Gasteiger charge is 2.21. The predicted molar refractivity (Wildman–Crippen MR) is 130 cm³/mol. The van der Waals surface area contributed by atoms with Crippen molar-refractivity contribution < 1.29 is 14.3 Å². The molecule has 0 aliphatic carbocycles. The monoisotopic (exact) mass is 461 g/mol. The number of nitrogens with zero attached hydrogens (tertiary/aromatic N) is 2. The van der Waals surface area contributed by atoms with Crippen LogP contribution in [-0.2, 0) is 6.54 Å². The SMILES string of the molecule is COc1ccccc1NC(=O)c1sc2ncn(CC(=O)c3ccc(C)c(C)c3)c(=O)c2c1C. The van der Waals surface area contributed by atoms with Gasteiger partial charge in [-0.3, -0.25) is 19.0 Å². The number of methoxy groups -OCH3 is 1. The molecule has 168 valence electrons. The van der Waals surface area contributed by atoms with Gasteiger partial charge in [0.15, 0.2) is 5.78 Å². The molecule has 0 saturated carbocycles. The molecule has 7 nitrogen and oxygen atoms in total. The number of Topliss-reactive ketones (excluding diaryl/α,β-unsaturated/α-hetero) is 1. The van der Waals surface area contributed by atoms with E-state index in [9.17, 15) is 14.4 Å². The Morgan fingerprint density at radius 2 is 1.85 bits per heavy atom. The molecule has 0 unspecified atom stereocenters. The number of carbonyl (C=O) groups is 2. The molecule has 1 N–H and O–H groups in total. The zero-order valence-electron chi connectivity index (χ0n) is 18.8. The third-order valence-corrected chi connectivity index (χ3v) is 6.82. The summed E-state index contributed by atoms with van der Waals surface area (Å²) in [5, 5.41) is 3.18. The number of fused-ring (bicyclic) bond motifs is 1. The van der Waals surface area contributed by atoms with Gasteiger partial charge in [-0.1, -0.05) is 24.3 Å². The van der Waals surface area contributed by atoms with E-state index in [0.29, 0.717) is 37.7 Å². The Kier molecular flexibility index (Phi) is 6.11. The molecule has 2 aromatic heterocycles. The van der Waals surface area contributed by atoms with Crippen molar-refractivity contribution in [1.29, 1.82) is 0 Å². The van der Waals surface area contributed by atoms with Crippen molar-refractivity contribution in [2.45, 2.75) is 27.3 Å². The number of carbonyl (C=O) groups excluding carboxylic acids is 2. The van der Waals surface area contributed by atoms with Gasteiger partial charge in [-0.25, -0.2) is 4.98 Å². The second-order valence-corrected chi connectivity index (χ2v) is 8.79. The maximum absolute atomic E-state index is 13.2. The molecule has 0 fully saturated rings. The quantitative estimate of drug-likeness (QED) is 0.426. The first-order valence-electron chi connectivity index (χ1n) is 10.3. The number of thiophene rings is 1. The molecule has 2 heterocycles. The fourth-order valence-corrected chi connectivity index (χ4v) is 4.61. The lowest BCUT2D eigenvalue weighted by Crippen LogP contribution is -2.24. The number of hydrogen-bond acceptors (Lipinski definition) is 6. The van der Waals surface area contributed by atoms with Crippen LogP contribution in [0.1, 0.15) is 36.7 Å². The van der Waals surface area contributed by atoms with E-state index in [1.54, 1.807) is 31.2 Å². The molecule has 0 aliphatic rings. The number of rotatable bonds is 6. The molecule has 0 atom stereocenters. The summed E-state index contributed by atoms with van der Waals surface area (Å²) in [5.74, 6) is 0.00970. The summed E-state index contributed by atoms with van der Waals surface area (Å²) in [7, 11) is 1.53. The number of ketones is 1. The van der Waals surface area contributed by atoms with E-state index in [1.165, 1.54) is 18.0 Å². The van der Waals surface area contributed by atoms with Crippen LogP contribution < -0.4 is 15.6 Å². The number of aromatic nitrogens is 2. The van der Waals surface area contributed by atoms with Crippen molar-refractivity contribution in [3.8, 4) is 5.75 Å². The summed E-state index contributed by atoms with van der Waals surface area (Å²) >= 11 is 1.14. The maximum atomic E-state index is 13.2. The van der Waals surface area contributed by atoms with E-state index in [1.807, 2.05) is 32.0 Å². The van der Waals surface area contributed by atoms with Crippen LogP contribution in [0.4, 0.5) is 5.69 Å². The van der Waals surface area contributed by atoms with E-state index in [4.69, 9.17) is 4.74 Å². The minimum atomic E-state index is -0.350. The van der Waals surface area contributed by atoms with E-state index >= 15 is 0 Å². The third kappa shape index (κ3) is 4.29. The molecule has 0 saturated heterocycles. The first-order chi connectivity index (χ1) is 15.8. The van der Waals surface area contributed by atoms with Gasteiger partial charge >= 0.3 is 0 Å². The average molecular weight is 462 g/mol. The molecule has 0 bridgehead atoms. The number of amides is 1. The molecular formula is C25H23N3O4S. The zero-order valence-corrected chi connectivity index (χ0v) is 19.6. The number of benzene rings is 2. The van der Waals surface area contributed by atoms with Gasteiger partial charge in [-0.05, 0) is 55.7 Å². The molecule has 1 amide bonds. The fraction of sp³-hybridized carbons (Fsp3) is 0.200. The third-order valence-electron chi connectivity index (χ3n) is 5.62. The van der Waals surface area contributed by atoms with Crippen LogP contribution in [0, 0.1) is 20.8 Å². The molecule has 8 heteroatoms. The minimum absolute atomic E-state index is 0.123. The normalized spacial score (nSPS) is 10.9. The first kappa shape index (κ1) is 22.4. The van der Waals surface area contributed by atoms with Gasteiger partial charge in [-0.2, -0.15) is 0 Å². The molecule has 33 heavy (non-hydrogen) atoms. The standard InChI is InChI=1S/C25H23N3O4S/c1-14-9-10-17(11-15(14)2)19(29)12-28-13-26-24-21(25(28)31)16(3)22(33-24)23(30)27-18-7-5-6-8-20(18)32-4/h5-11,13H,12H2,1-4H3,(H,27,30).